The number of fused-ring (bicyclic) bond motifs is 16. The number of rotatable bonds is 6. The normalized spacial score (nSPS) is 12.8. The molecule has 1 aliphatic rings. The van der Waals surface area contributed by atoms with Crippen LogP contribution in [0.3, 0.4) is 0 Å². The van der Waals surface area contributed by atoms with Gasteiger partial charge >= 0.3 is 0 Å². The van der Waals surface area contributed by atoms with E-state index in [-0.39, 0.29) is 0 Å². The van der Waals surface area contributed by atoms with Gasteiger partial charge in [-0.05, 0) is 81.9 Å². The lowest BCUT2D eigenvalue weighted by Crippen LogP contribution is -2.28. The second-order valence-corrected chi connectivity index (χ2v) is 21.2. The fourth-order valence-corrected chi connectivity index (χ4v) is 14.5. The van der Waals surface area contributed by atoms with Crippen molar-refractivity contribution in [2.24, 2.45) is 0 Å². The molecule has 0 amide bonds. The predicted molar refractivity (Wildman–Crippen MR) is 332 cm³/mol. The van der Waals surface area contributed by atoms with E-state index >= 15 is 0 Å². The van der Waals surface area contributed by atoms with Gasteiger partial charge in [-0.25, -0.2) is 4.85 Å². The molecule has 16 aromatic rings. The van der Waals surface area contributed by atoms with Crippen molar-refractivity contribution in [2.45, 2.75) is 5.41 Å². The standard InChI is InChI=1S/C75H44N6/c1-77-70-71(78-60-37-17-9-28-49(60)50-29-10-18-38-61(50)78)57(46-76)72(74(80-64-41-21-13-32-53(64)54-33-14-22-42-65(54)80)73(70)79-62-39-19-11-30-51(62)52-31-12-20-40-63(52)79)81-66-43-23-15-35-56(66)69-67(81)45-44-59-68(69)55-34-8-16-36-58(55)75(59,47-24-4-2-5-25-47)48-26-6-3-7-27-48/h2-45H. The van der Waals surface area contributed by atoms with Gasteiger partial charge in [0.25, 0.3) is 0 Å². The van der Waals surface area contributed by atoms with Crippen LogP contribution in [0.25, 0.3) is 126 Å². The largest absolute Gasteiger partial charge is 0.318 e. The van der Waals surface area contributed by atoms with E-state index in [4.69, 9.17) is 4.85 Å². The zero-order valence-corrected chi connectivity index (χ0v) is 43.6. The molecule has 0 unspecified atom stereocenters. The van der Waals surface area contributed by atoms with Crippen LogP contribution in [-0.2, 0) is 5.41 Å². The van der Waals surface area contributed by atoms with Crippen molar-refractivity contribution in [3.63, 3.8) is 0 Å². The highest BCUT2D eigenvalue weighted by Gasteiger charge is 2.47. The Morgan fingerprint density at radius 3 is 1.12 bits per heavy atom. The first kappa shape index (κ1) is 44.9. The summed E-state index contributed by atoms with van der Waals surface area (Å²) in [6.45, 7) is 9.79. The van der Waals surface area contributed by atoms with Crippen LogP contribution in [-0.4, -0.2) is 18.3 Å². The maximum atomic E-state index is 12.7. The molecule has 6 nitrogen and oxygen atoms in total. The van der Waals surface area contributed by atoms with Crippen molar-refractivity contribution < 1.29 is 0 Å². The summed E-state index contributed by atoms with van der Waals surface area (Å²) in [5.74, 6) is 0. The average molecular weight is 1030 g/mol. The van der Waals surface area contributed by atoms with Crippen LogP contribution in [0.1, 0.15) is 27.8 Å². The molecule has 374 valence electrons. The van der Waals surface area contributed by atoms with Gasteiger partial charge < -0.3 is 18.3 Å². The third-order valence-electron chi connectivity index (χ3n) is 17.5. The second-order valence-electron chi connectivity index (χ2n) is 21.2. The summed E-state index contributed by atoms with van der Waals surface area (Å²) in [7, 11) is 0. The highest BCUT2D eigenvalue weighted by atomic mass is 15.1. The monoisotopic (exact) mass is 1030 g/mol. The molecule has 12 aromatic carbocycles. The van der Waals surface area contributed by atoms with Gasteiger partial charge in [0.1, 0.15) is 6.07 Å². The van der Waals surface area contributed by atoms with Crippen LogP contribution >= 0.6 is 0 Å². The van der Waals surface area contributed by atoms with Crippen molar-refractivity contribution in [1.82, 2.24) is 18.3 Å². The quantitative estimate of drug-likeness (QED) is 0.153. The van der Waals surface area contributed by atoms with Gasteiger partial charge in [-0.3, -0.25) is 0 Å². The first-order valence-corrected chi connectivity index (χ1v) is 27.5. The number of nitrogens with zero attached hydrogens (tertiary/aromatic N) is 6. The van der Waals surface area contributed by atoms with E-state index < -0.39 is 5.41 Å². The molecule has 0 fully saturated rings. The van der Waals surface area contributed by atoms with E-state index in [0.717, 1.165) is 104 Å². The summed E-state index contributed by atoms with van der Waals surface area (Å²) >= 11 is 0. The molecule has 0 aliphatic heterocycles. The summed E-state index contributed by atoms with van der Waals surface area (Å²) in [5.41, 5.74) is 17.3. The van der Waals surface area contributed by atoms with E-state index in [1.54, 1.807) is 0 Å². The molecule has 0 radical (unpaired) electrons. The topological polar surface area (TPSA) is 47.9 Å². The number of hydrogen-bond donors (Lipinski definition) is 0. The van der Waals surface area contributed by atoms with Gasteiger partial charge in [0.15, 0.2) is 0 Å². The van der Waals surface area contributed by atoms with Crippen LogP contribution in [0, 0.1) is 17.9 Å². The molecule has 0 bridgehead atoms. The number of benzene rings is 12. The molecule has 0 spiro atoms. The van der Waals surface area contributed by atoms with Crippen molar-refractivity contribution in [2.75, 3.05) is 0 Å². The Balaban J connectivity index is 1.16. The Bertz CT molecular complexity index is 5240. The minimum absolute atomic E-state index is 0.358. The first-order valence-electron chi connectivity index (χ1n) is 27.5. The number of aromatic nitrogens is 4. The zero-order valence-electron chi connectivity index (χ0n) is 43.6. The van der Waals surface area contributed by atoms with Crippen molar-refractivity contribution in [1.29, 1.82) is 5.26 Å². The minimum Gasteiger partial charge on any atom is -0.318 e. The van der Waals surface area contributed by atoms with Gasteiger partial charge in [0, 0.05) is 43.1 Å². The van der Waals surface area contributed by atoms with E-state index in [1.807, 2.05) is 0 Å². The molecule has 4 aromatic heterocycles. The van der Waals surface area contributed by atoms with Crippen molar-refractivity contribution >= 4 is 92.9 Å². The summed E-state index contributed by atoms with van der Waals surface area (Å²) < 4.78 is 9.24. The van der Waals surface area contributed by atoms with Gasteiger partial charge in [0.05, 0.1) is 84.4 Å². The molecule has 1 aliphatic carbocycles. The molecule has 17 rings (SSSR count). The Morgan fingerprint density at radius 2 is 0.679 bits per heavy atom. The SMILES string of the molecule is [C-]#[N+]c1c(-n2c3ccccc3c3ccccc32)c(C#N)c(-n2c3ccccc3c3c4c(ccc32)C(c2ccccc2)(c2ccccc2)c2ccccc2-4)c(-n2c3ccccc3c3ccccc32)c1-n1c2ccccc2c2ccccc21. The highest BCUT2D eigenvalue weighted by molar-refractivity contribution is 6.21. The third-order valence-corrected chi connectivity index (χ3v) is 17.5. The number of hydrogen-bond acceptors (Lipinski definition) is 1. The predicted octanol–water partition coefficient (Wildman–Crippen LogP) is 18.9. The lowest BCUT2D eigenvalue weighted by Gasteiger charge is -2.33. The molecule has 81 heavy (non-hydrogen) atoms. The average Bonchev–Trinajstić information content (AvgIpc) is 2.34. The van der Waals surface area contributed by atoms with Crippen LogP contribution in [0.15, 0.2) is 267 Å². The smallest absolute Gasteiger partial charge is 0.237 e. The Kier molecular flexibility index (Phi) is 9.37. The first-order chi connectivity index (χ1) is 40.2. The fourth-order valence-electron chi connectivity index (χ4n) is 14.5. The van der Waals surface area contributed by atoms with Gasteiger partial charge in [-0.1, -0.05) is 218 Å². The van der Waals surface area contributed by atoms with Gasteiger partial charge in [-0.15, -0.1) is 0 Å². The van der Waals surface area contributed by atoms with E-state index in [2.05, 4.69) is 291 Å². The summed E-state index contributed by atoms with van der Waals surface area (Å²) in [6, 6.07) is 98.2. The molecule has 0 N–H and O–H groups in total. The molecular formula is C75H44N6. The van der Waals surface area contributed by atoms with Crippen LogP contribution in [0.2, 0.25) is 0 Å². The van der Waals surface area contributed by atoms with Crippen LogP contribution in [0.5, 0.6) is 0 Å². The maximum absolute atomic E-state index is 12.7. The Labute approximate surface area is 465 Å². The van der Waals surface area contributed by atoms with Crippen molar-refractivity contribution in [3.8, 4) is 39.9 Å². The molecule has 4 heterocycles. The molecule has 6 heteroatoms. The van der Waals surface area contributed by atoms with Gasteiger partial charge in [-0.2, -0.15) is 5.26 Å². The van der Waals surface area contributed by atoms with E-state index in [9.17, 15) is 11.8 Å². The van der Waals surface area contributed by atoms with Crippen molar-refractivity contribution in [3.05, 3.63) is 306 Å². The van der Waals surface area contributed by atoms with E-state index in [1.165, 1.54) is 22.3 Å². The molecule has 0 atom stereocenters. The lowest BCUT2D eigenvalue weighted by atomic mass is 9.67. The summed E-state index contributed by atoms with van der Waals surface area (Å²) in [4.78, 5) is 4.78. The van der Waals surface area contributed by atoms with Crippen LogP contribution < -0.4 is 0 Å². The summed E-state index contributed by atoms with van der Waals surface area (Å²) in [6.07, 6.45) is 0. The van der Waals surface area contributed by atoms with E-state index in [0.29, 0.717) is 28.3 Å². The molecular weight excluding hydrogens is 985 g/mol. The Morgan fingerprint density at radius 1 is 0.321 bits per heavy atom. The maximum Gasteiger partial charge on any atom is 0.237 e. The fraction of sp³-hybridized carbons (Fsp3) is 0.0133. The van der Waals surface area contributed by atoms with Crippen LogP contribution in [0.4, 0.5) is 5.69 Å². The molecule has 0 saturated carbocycles. The summed E-state index contributed by atoms with van der Waals surface area (Å²) in [5, 5.41) is 21.2. The zero-order chi connectivity index (χ0) is 53.5. The highest BCUT2D eigenvalue weighted by Crippen LogP contribution is 2.60. The number of nitriles is 1. The minimum atomic E-state index is -0.650. The second kappa shape index (κ2) is 16.9. The molecule has 0 saturated heterocycles. The third kappa shape index (κ3) is 5.82. The lowest BCUT2D eigenvalue weighted by molar-refractivity contribution is 0.769. The van der Waals surface area contributed by atoms with Gasteiger partial charge in [0.2, 0.25) is 5.69 Å². The Hall–Kier alpha value is -11.2. The number of para-hydroxylation sites is 7.